The van der Waals surface area contributed by atoms with Crippen LogP contribution in [0.25, 0.3) is 11.3 Å². The van der Waals surface area contributed by atoms with Crippen molar-refractivity contribution < 1.29 is 31.6 Å². The van der Waals surface area contributed by atoms with Crippen LogP contribution in [0.1, 0.15) is 5.56 Å². The number of hydroxylamine groups is 1. The second-order valence-electron chi connectivity index (χ2n) is 9.22. The molecule has 14 heteroatoms. The molecule has 1 amide bonds. The summed E-state index contributed by atoms with van der Waals surface area (Å²) in [7, 11) is -7.38. The minimum atomic E-state index is -4.00. The van der Waals surface area contributed by atoms with Gasteiger partial charge in [0.25, 0.3) is 5.91 Å². The summed E-state index contributed by atoms with van der Waals surface area (Å²) < 4.78 is 58.9. The molecule has 1 aliphatic heterocycles. The first-order valence-electron chi connectivity index (χ1n) is 12.4. The zero-order valence-corrected chi connectivity index (χ0v) is 23.4. The van der Waals surface area contributed by atoms with E-state index in [-0.39, 0.29) is 44.2 Å². The molecule has 40 heavy (non-hydrogen) atoms. The van der Waals surface area contributed by atoms with E-state index in [1.165, 1.54) is 28.6 Å². The van der Waals surface area contributed by atoms with Crippen LogP contribution in [0.3, 0.4) is 0 Å². The lowest BCUT2D eigenvalue weighted by atomic mass is 10.1. The molecule has 0 saturated carbocycles. The van der Waals surface area contributed by atoms with Crippen LogP contribution in [-0.4, -0.2) is 87.2 Å². The fraction of sp³-hybridized carbons (Fsp3) is 0.308. The number of ether oxygens (including phenoxy) is 1. The third-order valence-corrected chi connectivity index (χ3v) is 9.24. The Balaban J connectivity index is 1.35. The zero-order chi connectivity index (χ0) is 28.8. The van der Waals surface area contributed by atoms with E-state index < -0.39 is 32.0 Å². The van der Waals surface area contributed by atoms with Crippen LogP contribution in [0, 0.1) is 0 Å². The molecule has 1 aliphatic rings. The van der Waals surface area contributed by atoms with E-state index in [2.05, 4.69) is 9.71 Å². The largest absolute Gasteiger partial charge is 0.489 e. The van der Waals surface area contributed by atoms with E-state index in [1.807, 2.05) is 42.5 Å². The van der Waals surface area contributed by atoms with Gasteiger partial charge in [-0.2, -0.15) is 4.31 Å². The van der Waals surface area contributed by atoms with Gasteiger partial charge in [0.05, 0.1) is 16.8 Å². The molecule has 3 aromatic rings. The number of sulfonamides is 2. The molecule has 214 valence electrons. The molecule has 2 heterocycles. The second-order valence-corrected chi connectivity index (χ2v) is 13.0. The molecule has 0 spiro atoms. The standard InChI is InChI=1S/C26H31N5O7S2/c1-39(34,35)31-15-13-30(14-16-31)25(26(32)29-33)18-28-40(36,37)23-9-7-22(8-10-23)38-19-20-11-12-27-24(17-20)21-5-3-2-4-6-21/h2-12,17,25,28,33H,13-16,18-19H2,1H3,(H,29,32)/t25-/m0/s1. The van der Waals surface area contributed by atoms with Crippen LogP contribution in [0.5, 0.6) is 5.75 Å². The highest BCUT2D eigenvalue weighted by Gasteiger charge is 2.32. The highest BCUT2D eigenvalue weighted by atomic mass is 32.2. The summed E-state index contributed by atoms with van der Waals surface area (Å²) in [5.41, 5.74) is 4.27. The molecule has 1 atom stereocenters. The lowest BCUT2D eigenvalue weighted by molar-refractivity contribution is -0.135. The number of aromatic nitrogens is 1. The van der Waals surface area contributed by atoms with Crippen molar-refractivity contribution in [1.29, 1.82) is 0 Å². The Morgan fingerprint density at radius 1 is 1.00 bits per heavy atom. The number of hydrogen-bond donors (Lipinski definition) is 3. The first-order chi connectivity index (χ1) is 19.1. The molecule has 1 fully saturated rings. The zero-order valence-electron chi connectivity index (χ0n) is 21.8. The highest BCUT2D eigenvalue weighted by molar-refractivity contribution is 7.89. The number of benzene rings is 2. The van der Waals surface area contributed by atoms with E-state index in [0.717, 1.165) is 23.1 Å². The van der Waals surface area contributed by atoms with Crippen molar-refractivity contribution in [3.05, 3.63) is 78.5 Å². The Morgan fingerprint density at radius 3 is 2.30 bits per heavy atom. The van der Waals surface area contributed by atoms with Crippen LogP contribution in [0.2, 0.25) is 0 Å². The molecule has 0 bridgehead atoms. The maximum atomic E-state index is 12.9. The molecule has 12 nitrogen and oxygen atoms in total. The number of rotatable bonds is 11. The lowest BCUT2D eigenvalue weighted by Gasteiger charge is -2.37. The molecule has 1 aromatic heterocycles. The fourth-order valence-corrected chi connectivity index (χ4v) is 6.16. The van der Waals surface area contributed by atoms with Crippen molar-refractivity contribution in [3.8, 4) is 17.0 Å². The molecule has 0 aliphatic carbocycles. The second kappa shape index (κ2) is 12.8. The van der Waals surface area contributed by atoms with E-state index in [0.29, 0.717) is 5.75 Å². The van der Waals surface area contributed by atoms with Crippen molar-refractivity contribution >= 4 is 26.0 Å². The van der Waals surface area contributed by atoms with Gasteiger partial charge in [0, 0.05) is 44.5 Å². The average Bonchev–Trinajstić information content (AvgIpc) is 2.96. The first-order valence-corrected chi connectivity index (χ1v) is 15.8. The maximum absolute atomic E-state index is 12.9. The molecule has 2 aromatic carbocycles. The fourth-order valence-electron chi connectivity index (χ4n) is 4.29. The van der Waals surface area contributed by atoms with E-state index >= 15 is 0 Å². The number of carbonyl (C=O) groups is 1. The highest BCUT2D eigenvalue weighted by Crippen LogP contribution is 2.20. The minimum absolute atomic E-state index is 0.0276. The smallest absolute Gasteiger partial charge is 0.262 e. The molecular formula is C26H31N5O7S2. The maximum Gasteiger partial charge on any atom is 0.262 e. The summed E-state index contributed by atoms with van der Waals surface area (Å²) in [4.78, 5) is 18.3. The number of piperazine rings is 1. The monoisotopic (exact) mass is 589 g/mol. The molecule has 1 saturated heterocycles. The predicted molar refractivity (Wildman–Crippen MR) is 147 cm³/mol. The third-order valence-electron chi connectivity index (χ3n) is 6.50. The normalized spacial score (nSPS) is 15.8. The van der Waals surface area contributed by atoms with Crippen LogP contribution >= 0.6 is 0 Å². The van der Waals surface area contributed by atoms with Gasteiger partial charge in [-0.1, -0.05) is 30.3 Å². The number of carbonyl (C=O) groups excluding carboxylic acids is 1. The van der Waals surface area contributed by atoms with Gasteiger partial charge in [0.15, 0.2) is 0 Å². The van der Waals surface area contributed by atoms with Crippen LogP contribution in [0.4, 0.5) is 0 Å². The number of nitrogens with zero attached hydrogens (tertiary/aromatic N) is 3. The quantitative estimate of drug-likeness (QED) is 0.220. The van der Waals surface area contributed by atoms with Gasteiger partial charge < -0.3 is 4.74 Å². The Kier molecular flexibility index (Phi) is 9.50. The van der Waals surface area contributed by atoms with Crippen LogP contribution in [-0.2, 0) is 31.4 Å². The van der Waals surface area contributed by atoms with Crippen molar-refractivity contribution in [2.75, 3.05) is 39.0 Å². The van der Waals surface area contributed by atoms with Gasteiger partial charge in [-0.25, -0.2) is 27.0 Å². The summed E-state index contributed by atoms with van der Waals surface area (Å²) in [6.07, 6.45) is 2.81. The number of hydrogen-bond acceptors (Lipinski definition) is 9. The summed E-state index contributed by atoms with van der Waals surface area (Å²) in [6, 6.07) is 18.4. The van der Waals surface area contributed by atoms with Gasteiger partial charge in [-0.3, -0.25) is 19.9 Å². The van der Waals surface area contributed by atoms with E-state index in [4.69, 9.17) is 4.74 Å². The Morgan fingerprint density at radius 2 is 1.68 bits per heavy atom. The van der Waals surface area contributed by atoms with Gasteiger partial charge in [0.2, 0.25) is 20.0 Å². The summed E-state index contributed by atoms with van der Waals surface area (Å²) in [5, 5.41) is 9.17. The molecule has 4 rings (SSSR count). The van der Waals surface area contributed by atoms with Crippen LogP contribution < -0.4 is 14.9 Å². The van der Waals surface area contributed by atoms with Gasteiger partial charge >= 0.3 is 0 Å². The average molecular weight is 590 g/mol. The van der Waals surface area contributed by atoms with E-state index in [1.54, 1.807) is 16.6 Å². The predicted octanol–water partition coefficient (Wildman–Crippen LogP) is 1.06. The minimum Gasteiger partial charge on any atom is -0.489 e. The van der Waals surface area contributed by atoms with Crippen LogP contribution in [0.15, 0.2) is 77.8 Å². The SMILES string of the molecule is CS(=O)(=O)N1CCN([C@@H](CNS(=O)(=O)c2ccc(OCc3ccnc(-c4ccccc4)c3)cc2)C(=O)NO)CC1. The Bertz CT molecular complexity index is 1510. The van der Waals surface area contributed by atoms with Crippen molar-refractivity contribution in [2.45, 2.75) is 17.5 Å². The molecule has 0 unspecified atom stereocenters. The number of amides is 1. The Labute approximate surface area is 233 Å². The lowest BCUT2D eigenvalue weighted by Crippen LogP contribution is -2.58. The third kappa shape index (κ3) is 7.62. The molecular weight excluding hydrogens is 558 g/mol. The first kappa shape index (κ1) is 29.6. The summed E-state index contributed by atoms with van der Waals surface area (Å²) in [6.45, 7) is 0.631. The topological polar surface area (TPSA) is 158 Å². The van der Waals surface area contributed by atoms with E-state index in [9.17, 15) is 26.8 Å². The van der Waals surface area contributed by atoms with Gasteiger partial charge in [-0.05, 0) is 42.0 Å². The van der Waals surface area contributed by atoms with Crippen molar-refractivity contribution in [2.24, 2.45) is 0 Å². The molecule has 0 radical (unpaired) electrons. The van der Waals surface area contributed by atoms with Crippen molar-refractivity contribution in [1.82, 2.24) is 24.4 Å². The van der Waals surface area contributed by atoms with Crippen molar-refractivity contribution in [3.63, 3.8) is 0 Å². The van der Waals surface area contributed by atoms with Gasteiger partial charge in [0.1, 0.15) is 18.4 Å². The Hall–Kier alpha value is -3.40. The number of nitrogens with one attached hydrogen (secondary N) is 2. The summed E-state index contributed by atoms with van der Waals surface area (Å²) >= 11 is 0. The number of pyridine rings is 1. The summed E-state index contributed by atoms with van der Waals surface area (Å²) in [5.74, 6) is -0.330. The molecule has 3 N–H and O–H groups in total. The van der Waals surface area contributed by atoms with Gasteiger partial charge in [-0.15, -0.1) is 0 Å².